The van der Waals surface area contributed by atoms with E-state index in [2.05, 4.69) is 0 Å². The Morgan fingerprint density at radius 2 is 1.94 bits per heavy atom. The highest BCUT2D eigenvalue weighted by atomic mass is 35.5. The Kier molecular flexibility index (Phi) is 3.68. The molecule has 92 valence electrons. The van der Waals surface area contributed by atoms with Crippen LogP contribution in [0.15, 0.2) is 42.5 Å². The molecule has 0 fully saturated rings. The lowest BCUT2D eigenvalue weighted by molar-refractivity contribution is 0.101. The molecule has 0 heterocycles. The van der Waals surface area contributed by atoms with Crippen molar-refractivity contribution in [3.05, 3.63) is 58.6 Å². The molecule has 0 aliphatic heterocycles. The third-order valence-corrected chi connectivity index (χ3v) is 2.85. The van der Waals surface area contributed by atoms with E-state index in [-0.39, 0.29) is 5.78 Å². The lowest BCUT2D eigenvalue weighted by Gasteiger charge is -2.08. The monoisotopic (exact) mass is 260 g/mol. The van der Waals surface area contributed by atoms with Crippen LogP contribution in [0.25, 0.3) is 0 Å². The van der Waals surface area contributed by atoms with E-state index >= 15 is 0 Å². The van der Waals surface area contributed by atoms with Crippen molar-refractivity contribution in [3.63, 3.8) is 0 Å². The van der Waals surface area contributed by atoms with Crippen LogP contribution in [-0.4, -0.2) is 5.78 Å². The van der Waals surface area contributed by atoms with Crippen molar-refractivity contribution in [1.82, 2.24) is 0 Å². The van der Waals surface area contributed by atoms with E-state index in [1.807, 2.05) is 25.1 Å². The van der Waals surface area contributed by atoms with Crippen LogP contribution in [0.2, 0.25) is 5.02 Å². The Labute approximate surface area is 111 Å². The minimum Gasteiger partial charge on any atom is -0.456 e. The second-order valence-corrected chi connectivity index (χ2v) is 4.53. The second kappa shape index (κ2) is 5.23. The third-order valence-electron chi connectivity index (χ3n) is 2.56. The van der Waals surface area contributed by atoms with Gasteiger partial charge in [0.25, 0.3) is 0 Å². The van der Waals surface area contributed by atoms with Crippen LogP contribution in [0.3, 0.4) is 0 Å². The fourth-order valence-electron chi connectivity index (χ4n) is 1.59. The minimum absolute atomic E-state index is 0.00968. The van der Waals surface area contributed by atoms with Gasteiger partial charge in [0.05, 0.1) is 5.02 Å². The molecule has 0 spiro atoms. The minimum atomic E-state index is 0.00968. The van der Waals surface area contributed by atoms with Crippen molar-refractivity contribution in [2.45, 2.75) is 13.8 Å². The molecule has 2 aromatic carbocycles. The molecule has 3 heteroatoms. The number of carbonyl (C=O) groups excluding carboxylic acids is 1. The van der Waals surface area contributed by atoms with E-state index in [0.717, 1.165) is 5.56 Å². The van der Waals surface area contributed by atoms with Crippen LogP contribution >= 0.6 is 11.6 Å². The lowest BCUT2D eigenvalue weighted by atomic mass is 10.1. The zero-order chi connectivity index (χ0) is 13.1. The van der Waals surface area contributed by atoms with Gasteiger partial charge in [-0.2, -0.15) is 0 Å². The Hall–Kier alpha value is -1.80. The summed E-state index contributed by atoms with van der Waals surface area (Å²) in [5.41, 5.74) is 1.69. The quantitative estimate of drug-likeness (QED) is 0.752. The number of carbonyl (C=O) groups is 1. The van der Waals surface area contributed by atoms with Crippen LogP contribution in [0.1, 0.15) is 22.8 Å². The first-order valence-electron chi connectivity index (χ1n) is 5.61. The largest absolute Gasteiger partial charge is 0.456 e. The fraction of sp³-hybridized carbons (Fsp3) is 0.133. The Morgan fingerprint density at radius 3 is 2.61 bits per heavy atom. The second-order valence-electron chi connectivity index (χ2n) is 4.12. The molecular formula is C15H13ClO2. The van der Waals surface area contributed by atoms with Gasteiger partial charge < -0.3 is 4.74 Å². The Morgan fingerprint density at radius 1 is 1.17 bits per heavy atom. The van der Waals surface area contributed by atoms with Gasteiger partial charge in [0.1, 0.15) is 11.5 Å². The standard InChI is InChI=1S/C15H13ClO2/c1-10-6-7-15(14(16)8-10)18-13-5-3-4-12(9-13)11(2)17/h3-9H,1-2H3. The van der Waals surface area contributed by atoms with Gasteiger partial charge in [0.2, 0.25) is 0 Å². The van der Waals surface area contributed by atoms with Gasteiger partial charge in [-0.05, 0) is 43.7 Å². The number of rotatable bonds is 3. The third kappa shape index (κ3) is 2.90. The van der Waals surface area contributed by atoms with Crippen LogP contribution < -0.4 is 4.74 Å². The highest BCUT2D eigenvalue weighted by molar-refractivity contribution is 6.32. The highest BCUT2D eigenvalue weighted by Gasteiger charge is 2.05. The number of ketones is 1. The summed E-state index contributed by atoms with van der Waals surface area (Å²) in [7, 11) is 0. The van der Waals surface area contributed by atoms with Gasteiger partial charge in [-0.1, -0.05) is 29.8 Å². The van der Waals surface area contributed by atoms with Crippen LogP contribution in [0, 0.1) is 6.92 Å². The molecule has 0 aliphatic carbocycles. The van der Waals surface area contributed by atoms with E-state index in [4.69, 9.17) is 16.3 Å². The lowest BCUT2D eigenvalue weighted by Crippen LogP contribution is -1.93. The van der Waals surface area contributed by atoms with Crippen molar-refractivity contribution < 1.29 is 9.53 Å². The number of benzene rings is 2. The van der Waals surface area contributed by atoms with Crippen molar-refractivity contribution in [3.8, 4) is 11.5 Å². The number of aryl methyl sites for hydroxylation is 1. The molecule has 0 unspecified atom stereocenters. The smallest absolute Gasteiger partial charge is 0.159 e. The highest BCUT2D eigenvalue weighted by Crippen LogP contribution is 2.30. The van der Waals surface area contributed by atoms with Gasteiger partial charge in [-0.3, -0.25) is 4.79 Å². The molecule has 2 nitrogen and oxygen atoms in total. The predicted molar refractivity (Wildman–Crippen MR) is 72.7 cm³/mol. The average Bonchev–Trinajstić information content (AvgIpc) is 2.33. The predicted octanol–water partition coefficient (Wildman–Crippen LogP) is 4.64. The zero-order valence-corrected chi connectivity index (χ0v) is 11.0. The summed E-state index contributed by atoms with van der Waals surface area (Å²) in [6, 6.07) is 12.6. The average molecular weight is 261 g/mol. The molecule has 0 radical (unpaired) electrons. The molecular weight excluding hydrogens is 248 g/mol. The van der Waals surface area contributed by atoms with Crippen molar-refractivity contribution in [2.24, 2.45) is 0 Å². The molecule has 0 N–H and O–H groups in total. The SMILES string of the molecule is CC(=O)c1cccc(Oc2ccc(C)cc2Cl)c1. The maximum Gasteiger partial charge on any atom is 0.159 e. The molecule has 0 atom stereocenters. The normalized spacial score (nSPS) is 10.2. The summed E-state index contributed by atoms with van der Waals surface area (Å²) in [6.45, 7) is 3.49. The molecule has 18 heavy (non-hydrogen) atoms. The van der Waals surface area contributed by atoms with Gasteiger partial charge in [-0.15, -0.1) is 0 Å². The van der Waals surface area contributed by atoms with Crippen molar-refractivity contribution >= 4 is 17.4 Å². The number of halogens is 1. The van der Waals surface area contributed by atoms with Gasteiger partial charge in [0.15, 0.2) is 5.78 Å². The van der Waals surface area contributed by atoms with Crippen LogP contribution in [-0.2, 0) is 0 Å². The van der Waals surface area contributed by atoms with Gasteiger partial charge in [0, 0.05) is 5.56 Å². The summed E-state index contributed by atoms with van der Waals surface area (Å²) < 4.78 is 5.67. The first-order valence-corrected chi connectivity index (χ1v) is 5.99. The Balaban J connectivity index is 2.28. The van der Waals surface area contributed by atoms with E-state index in [0.29, 0.717) is 22.1 Å². The van der Waals surface area contributed by atoms with Crippen LogP contribution in [0.5, 0.6) is 11.5 Å². The molecule has 0 saturated carbocycles. The van der Waals surface area contributed by atoms with E-state index in [9.17, 15) is 4.79 Å². The van der Waals surface area contributed by atoms with E-state index < -0.39 is 0 Å². The first-order chi connectivity index (χ1) is 8.56. The maximum atomic E-state index is 11.3. The molecule has 2 rings (SSSR count). The van der Waals surface area contributed by atoms with Gasteiger partial charge in [-0.25, -0.2) is 0 Å². The topological polar surface area (TPSA) is 26.3 Å². The molecule has 0 aromatic heterocycles. The van der Waals surface area contributed by atoms with E-state index in [1.165, 1.54) is 6.92 Å². The van der Waals surface area contributed by atoms with Crippen molar-refractivity contribution in [1.29, 1.82) is 0 Å². The number of hydrogen-bond acceptors (Lipinski definition) is 2. The zero-order valence-electron chi connectivity index (χ0n) is 10.2. The summed E-state index contributed by atoms with van der Waals surface area (Å²) in [4.78, 5) is 11.3. The Bertz CT molecular complexity index is 591. The van der Waals surface area contributed by atoms with Crippen molar-refractivity contribution in [2.75, 3.05) is 0 Å². The summed E-state index contributed by atoms with van der Waals surface area (Å²) >= 11 is 6.09. The number of ether oxygens (including phenoxy) is 1. The molecule has 0 amide bonds. The molecule has 2 aromatic rings. The fourth-order valence-corrected chi connectivity index (χ4v) is 1.87. The van der Waals surface area contributed by atoms with Gasteiger partial charge >= 0.3 is 0 Å². The molecule has 0 aliphatic rings. The summed E-state index contributed by atoms with van der Waals surface area (Å²) in [6.07, 6.45) is 0. The number of Topliss-reactive ketones (excluding diaryl/α,β-unsaturated/α-hetero) is 1. The first kappa shape index (κ1) is 12.7. The number of hydrogen-bond donors (Lipinski definition) is 0. The maximum absolute atomic E-state index is 11.3. The summed E-state index contributed by atoms with van der Waals surface area (Å²) in [5.74, 6) is 1.20. The van der Waals surface area contributed by atoms with E-state index in [1.54, 1.807) is 24.3 Å². The molecule has 0 saturated heterocycles. The van der Waals surface area contributed by atoms with Crippen LogP contribution in [0.4, 0.5) is 0 Å². The summed E-state index contributed by atoms with van der Waals surface area (Å²) in [5, 5.41) is 0.559. The molecule has 0 bridgehead atoms.